The molecule has 0 saturated carbocycles. The van der Waals surface area contributed by atoms with Crippen LogP contribution in [-0.2, 0) is 15.8 Å². The summed E-state index contributed by atoms with van der Waals surface area (Å²) in [5, 5.41) is 3.29. The number of hydrogen-bond donors (Lipinski definition) is 2. The summed E-state index contributed by atoms with van der Waals surface area (Å²) < 4.78 is 67.0. The number of nitrogens with one attached hydrogen (secondary N) is 2. The maximum Gasteiger partial charge on any atom is 0.434 e. The van der Waals surface area contributed by atoms with Crippen LogP contribution in [0.25, 0.3) is 0 Å². The molecule has 0 spiro atoms. The van der Waals surface area contributed by atoms with E-state index >= 15 is 0 Å². The van der Waals surface area contributed by atoms with Crippen LogP contribution in [0.1, 0.15) is 29.3 Å². The molecule has 1 aliphatic rings. The van der Waals surface area contributed by atoms with Gasteiger partial charge in [-0.2, -0.15) is 13.2 Å². The smallest absolute Gasteiger partial charge is 0.355 e. The van der Waals surface area contributed by atoms with E-state index in [9.17, 15) is 31.5 Å². The zero-order chi connectivity index (χ0) is 22.2. The normalized spacial score (nSPS) is 17.6. The number of benzene rings is 1. The second-order valence-corrected chi connectivity index (χ2v) is 7.29. The molecule has 1 aromatic carbocycles. The average molecular weight is 468 g/mol. The molecule has 2 N–H and O–H groups in total. The Morgan fingerprint density at radius 2 is 1.97 bits per heavy atom. The van der Waals surface area contributed by atoms with Crippen molar-refractivity contribution in [2.45, 2.75) is 18.6 Å². The molecule has 1 aliphatic heterocycles. The van der Waals surface area contributed by atoms with Gasteiger partial charge in [0.1, 0.15) is 16.7 Å². The van der Waals surface area contributed by atoms with Crippen molar-refractivity contribution in [2.24, 2.45) is 5.92 Å². The summed E-state index contributed by atoms with van der Waals surface area (Å²) in [7, 11) is 0. The number of carbonyl (C=O) groups excluding carboxylic acids is 2. The minimum atomic E-state index is -4.82. The minimum absolute atomic E-state index is 0.0378. The third-order valence-electron chi connectivity index (χ3n) is 4.48. The molecule has 2 atom stereocenters. The molecule has 0 aliphatic carbocycles. The first kappa shape index (κ1) is 22.2. The summed E-state index contributed by atoms with van der Waals surface area (Å²) in [6, 6.07) is 1.32. The lowest BCUT2D eigenvalue weighted by Crippen LogP contribution is -2.36. The average Bonchev–Trinajstić information content (AvgIpc) is 3.10. The van der Waals surface area contributed by atoms with E-state index in [0.717, 1.165) is 24.4 Å². The molecule has 0 bridgehead atoms. The van der Waals surface area contributed by atoms with Crippen LogP contribution in [0.3, 0.4) is 0 Å². The number of nitrogens with zero attached hydrogens (tertiary/aromatic N) is 1. The Bertz CT molecular complexity index is 1020. The van der Waals surface area contributed by atoms with Crippen molar-refractivity contribution in [1.82, 2.24) is 15.6 Å². The van der Waals surface area contributed by atoms with Gasteiger partial charge in [0.15, 0.2) is 5.69 Å². The van der Waals surface area contributed by atoms with Crippen LogP contribution in [0.4, 0.5) is 22.0 Å². The van der Waals surface area contributed by atoms with Crippen LogP contribution >= 0.6 is 23.2 Å². The lowest BCUT2D eigenvalue weighted by atomic mass is 9.97. The number of carbonyl (C=O) groups is 2. The molecule has 160 valence electrons. The fourth-order valence-corrected chi connectivity index (χ4v) is 3.43. The highest BCUT2D eigenvalue weighted by Gasteiger charge is 2.36. The lowest BCUT2D eigenvalue weighted by molar-refractivity contribution is -0.141. The van der Waals surface area contributed by atoms with Crippen LogP contribution in [0, 0.1) is 17.6 Å². The molecular weight excluding hydrogens is 456 g/mol. The van der Waals surface area contributed by atoms with Crippen LogP contribution in [0.5, 0.6) is 0 Å². The fourth-order valence-electron chi connectivity index (χ4n) is 2.97. The highest BCUT2D eigenvalue weighted by atomic mass is 35.5. The van der Waals surface area contributed by atoms with Crippen LogP contribution in [0.15, 0.2) is 24.4 Å². The first-order chi connectivity index (χ1) is 14.0. The third kappa shape index (κ3) is 4.49. The summed E-state index contributed by atoms with van der Waals surface area (Å²) in [5.74, 6) is -4.08. The van der Waals surface area contributed by atoms with E-state index in [4.69, 9.17) is 23.2 Å². The van der Waals surface area contributed by atoms with Gasteiger partial charge in [-0.25, -0.2) is 13.8 Å². The molecule has 1 saturated heterocycles. The second-order valence-electron chi connectivity index (χ2n) is 6.51. The lowest BCUT2D eigenvalue weighted by Gasteiger charge is -2.23. The Kier molecular flexibility index (Phi) is 6.19. The molecular formula is C18H12Cl2F5N3O2. The Balaban J connectivity index is 2.04. The number of amides is 2. The van der Waals surface area contributed by atoms with Gasteiger partial charge in [0, 0.05) is 24.7 Å². The number of rotatable bonds is 4. The zero-order valence-electron chi connectivity index (χ0n) is 14.8. The topological polar surface area (TPSA) is 71.1 Å². The molecule has 0 radical (unpaired) electrons. The summed E-state index contributed by atoms with van der Waals surface area (Å²) in [4.78, 5) is 27.2. The highest BCUT2D eigenvalue weighted by Crippen LogP contribution is 2.36. The first-order valence-electron chi connectivity index (χ1n) is 8.42. The van der Waals surface area contributed by atoms with Gasteiger partial charge >= 0.3 is 6.18 Å². The van der Waals surface area contributed by atoms with E-state index in [1.165, 1.54) is 0 Å². The Morgan fingerprint density at radius 1 is 1.27 bits per heavy atom. The van der Waals surface area contributed by atoms with E-state index in [1.54, 1.807) is 0 Å². The van der Waals surface area contributed by atoms with E-state index < -0.39 is 51.4 Å². The van der Waals surface area contributed by atoms with Crippen molar-refractivity contribution in [2.75, 3.05) is 6.54 Å². The van der Waals surface area contributed by atoms with Crippen molar-refractivity contribution < 1.29 is 31.5 Å². The molecule has 1 aromatic heterocycles. The maximum atomic E-state index is 14.6. The first-order valence-corrected chi connectivity index (χ1v) is 9.17. The molecule has 5 nitrogen and oxygen atoms in total. The summed E-state index contributed by atoms with van der Waals surface area (Å²) in [6.45, 7) is 0.0378. The number of pyridine rings is 1. The molecule has 12 heteroatoms. The van der Waals surface area contributed by atoms with E-state index in [-0.39, 0.29) is 30.0 Å². The molecule has 1 fully saturated rings. The summed E-state index contributed by atoms with van der Waals surface area (Å²) in [5.41, 5.74) is -1.77. The summed E-state index contributed by atoms with van der Waals surface area (Å²) in [6.07, 6.45) is -4.17. The second kappa shape index (κ2) is 8.35. The van der Waals surface area contributed by atoms with Crippen molar-refractivity contribution in [1.29, 1.82) is 0 Å². The predicted octanol–water partition coefficient (Wildman–Crippen LogP) is 4.03. The zero-order valence-corrected chi connectivity index (χ0v) is 16.3. The highest BCUT2D eigenvalue weighted by molar-refractivity contribution is 6.31. The van der Waals surface area contributed by atoms with Crippen molar-refractivity contribution in [3.05, 3.63) is 62.9 Å². The Morgan fingerprint density at radius 3 is 2.53 bits per heavy atom. The van der Waals surface area contributed by atoms with Crippen LogP contribution < -0.4 is 10.6 Å². The number of aromatic nitrogens is 1. The molecule has 30 heavy (non-hydrogen) atoms. The van der Waals surface area contributed by atoms with Gasteiger partial charge in [-0.05, 0) is 17.7 Å². The molecule has 2 heterocycles. The van der Waals surface area contributed by atoms with Gasteiger partial charge in [0.25, 0.3) is 0 Å². The van der Waals surface area contributed by atoms with Crippen molar-refractivity contribution in [3.8, 4) is 0 Å². The van der Waals surface area contributed by atoms with Crippen molar-refractivity contribution in [3.63, 3.8) is 0 Å². The van der Waals surface area contributed by atoms with E-state index in [0.29, 0.717) is 0 Å². The maximum absolute atomic E-state index is 14.6. The van der Waals surface area contributed by atoms with Crippen molar-refractivity contribution >= 4 is 35.0 Å². The monoisotopic (exact) mass is 467 g/mol. The minimum Gasteiger partial charge on any atom is -0.355 e. The molecule has 2 amide bonds. The largest absolute Gasteiger partial charge is 0.434 e. The third-order valence-corrected chi connectivity index (χ3v) is 5.11. The molecule has 2 aromatic rings. The quantitative estimate of drug-likeness (QED) is 0.526. The fraction of sp³-hybridized carbons (Fsp3) is 0.278. The van der Waals surface area contributed by atoms with E-state index in [2.05, 4.69) is 15.6 Å². The van der Waals surface area contributed by atoms with Gasteiger partial charge in [-0.1, -0.05) is 29.3 Å². The van der Waals surface area contributed by atoms with Gasteiger partial charge in [0.05, 0.1) is 17.0 Å². The predicted molar refractivity (Wildman–Crippen MR) is 96.7 cm³/mol. The Hall–Kier alpha value is -2.46. The van der Waals surface area contributed by atoms with Gasteiger partial charge in [-0.15, -0.1) is 0 Å². The van der Waals surface area contributed by atoms with Crippen LogP contribution in [-0.4, -0.2) is 23.3 Å². The Labute approximate surface area is 176 Å². The summed E-state index contributed by atoms with van der Waals surface area (Å²) >= 11 is 11.3. The van der Waals surface area contributed by atoms with E-state index in [1.807, 2.05) is 0 Å². The van der Waals surface area contributed by atoms with Gasteiger partial charge in [0.2, 0.25) is 11.8 Å². The van der Waals surface area contributed by atoms with Crippen LogP contribution in [0.2, 0.25) is 10.0 Å². The molecule has 1 unspecified atom stereocenters. The molecule has 3 rings (SSSR count). The number of hydrogen-bond acceptors (Lipinski definition) is 3. The standard InChI is InChI=1S/C18H12Cl2F5N3O2/c19-10-3-7(5-27-16(10)18(23,24)25)15(9-1-2-11(21)13(20)14(9)22)28-17(30)8-4-12(29)26-6-8/h1-3,5,8,15H,4,6H2,(H,26,29)(H,28,30)/t8-,15?/m0/s1. The van der Waals surface area contributed by atoms with Gasteiger partial charge in [-0.3, -0.25) is 9.59 Å². The number of alkyl halides is 3. The number of halogens is 7. The SMILES string of the molecule is O=C1C[C@H](C(=O)NC(c2cnc(C(F)(F)F)c(Cl)c2)c2ccc(F)c(Cl)c2F)CN1. The van der Waals surface area contributed by atoms with Gasteiger partial charge < -0.3 is 10.6 Å².